The summed E-state index contributed by atoms with van der Waals surface area (Å²) in [5, 5.41) is 9.83. The molecule has 0 aliphatic carbocycles. The van der Waals surface area contributed by atoms with Crippen molar-refractivity contribution in [3.63, 3.8) is 0 Å². The summed E-state index contributed by atoms with van der Waals surface area (Å²) in [6.07, 6.45) is 0. The number of ether oxygens (including phenoxy) is 1. The van der Waals surface area contributed by atoms with E-state index in [0.29, 0.717) is 24.7 Å². The first-order chi connectivity index (χ1) is 8.72. The number of hydrogen-bond donors (Lipinski definition) is 2. The molecule has 1 rings (SSSR count). The van der Waals surface area contributed by atoms with Crippen LogP contribution in [0.1, 0.15) is 11.6 Å². The van der Waals surface area contributed by atoms with Crippen LogP contribution >= 0.6 is 11.6 Å². The molecule has 18 heavy (non-hydrogen) atoms. The maximum Gasteiger partial charge on any atom is 0.0589 e. The molecule has 0 amide bonds. The van der Waals surface area contributed by atoms with E-state index in [1.165, 1.54) is 0 Å². The number of nitrogens with two attached hydrogens (primary N) is 1. The second-order valence-corrected chi connectivity index (χ2v) is 4.50. The Balaban J connectivity index is 2.83. The normalized spacial score (nSPS) is 12.9. The molecule has 0 saturated carbocycles. The number of methoxy groups -OCH3 is 1. The highest BCUT2D eigenvalue weighted by atomic mass is 35.5. The highest BCUT2D eigenvalue weighted by molar-refractivity contribution is 6.30. The minimum Gasteiger partial charge on any atom is -0.395 e. The van der Waals surface area contributed by atoms with Gasteiger partial charge in [0.1, 0.15) is 0 Å². The molecule has 0 saturated heterocycles. The Morgan fingerprint density at radius 2 is 2.22 bits per heavy atom. The van der Waals surface area contributed by atoms with Crippen LogP contribution in [0.5, 0.6) is 0 Å². The van der Waals surface area contributed by atoms with E-state index in [0.717, 1.165) is 12.1 Å². The van der Waals surface area contributed by atoms with Gasteiger partial charge in [0.15, 0.2) is 0 Å². The molecule has 102 valence electrons. The zero-order valence-electron chi connectivity index (χ0n) is 10.7. The van der Waals surface area contributed by atoms with Crippen molar-refractivity contribution in [2.75, 3.05) is 40.0 Å². The fourth-order valence-corrected chi connectivity index (χ4v) is 2.17. The summed E-state index contributed by atoms with van der Waals surface area (Å²) in [5.74, 6) is 0. The lowest BCUT2D eigenvalue weighted by Crippen LogP contribution is -2.38. The van der Waals surface area contributed by atoms with Gasteiger partial charge in [-0.15, -0.1) is 0 Å². The van der Waals surface area contributed by atoms with Gasteiger partial charge in [0.25, 0.3) is 0 Å². The van der Waals surface area contributed by atoms with Crippen LogP contribution in [-0.2, 0) is 4.74 Å². The average Bonchev–Trinajstić information content (AvgIpc) is 2.37. The van der Waals surface area contributed by atoms with Crippen molar-refractivity contribution in [2.24, 2.45) is 5.73 Å². The van der Waals surface area contributed by atoms with E-state index in [2.05, 4.69) is 4.90 Å². The van der Waals surface area contributed by atoms with Crippen LogP contribution in [0.25, 0.3) is 0 Å². The van der Waals surface area contributed by atoms with Crippen molar-refractivity contribution in [1.29, 1.82) is 0 Å². The molecular weight excluding hydrogens is 252 g/mol. The van der Waals surface area contributed by atoms with E-state index in [1.807, 2.05) is 24.3 Å². The summed E-state index contributed by atoms with van der Waals surface area (Å²) >= 11 is 6.00. The third-order valence-corrected chi connectivity index (χ3v) is 3.10. The SMILES string of the molecule is COCCN(CCO)C(CN)c1cccc(Cl)c1. The Hall–Kier alpha value is -0.650. The predicted molar refractivity (Wildman–Crippen MR) is 73.8 cm³/mol. The van der Waals surface area contributed by atoms with Gasteiger partial charge in [0.2, 0.25) is 0 Å². The Bertz CT molecular complexity index is 350. The van der Waals surface area contributed by atoms with E-state index >= 15 is 0 Å². The number of halogens is 1. The van der Waals surface area contributed by atoms with Crippen LogP contribution < -0.4 is 5.73 Å². The summed E-state index contributed by atoms with van der Waals surface area (Å²) in [5.41, 5.74) is 6.91. The molecule has 1 unspecified atom stereocenters. The first-order valence-corrected chi connectivity index (χ1v) is 6.40. The second kappa shape index (κ2) is 8.45. The Labute approximate surface area is 113 Å². The van der Waals surface area contributed by atoms with Gasteiger partial charge >= 0.3 is 0 Å². The molecule has 0 aromatic heterocycles. The average molecular weight is 273 g/mol. The lowest BCUT2D eigenvalue weighted by molar-refractivity contribution is 0.103. The van der Waals surface area contributed by atoms with E-state index in [9.17, 15) is 0 Å². The number of rotatable bonds is 8. The quantitative estimate of drug-likeness (QED) is 0.749. The Kier molecular flexibility index (Phi) is 7.23. The number of aliphatic hydroxyl groups is 1. The molecular formula is C13H21ClN2O2. The zero-order chi connectivity index (χ0) is 13.4. The summed E-state index contributed by atoms with van der Waals surface area (Å²) in [7, 11) is 1.66. The van der Waals surface area contributed by atoms with Gasteiger partial charge in [0, 0.05) is 37.8 Å². The highest BCUT2D eigenvalue weighted by Gasteiger charge is 2.18. The zero-order valence-corrected chi connectivity index (χ0v) is 11.4. The maximum absolute atomic E-state index is 9.13. The molecule has 0 spiro atoms. The molecule has 0 radical (unpaired) electrons. The fraction of sp³-hybridized carbons (Fsp3) is 0.538. The minimum atomic E-state index is 0.0472. The van der Waals surface area contributed by atoms with Gasteiger partial charge < -0.3 is 15.6 Å². The van der Waals surface area contributed by atoms with Crippen molar-refractivity contribution in [3.05, 3.63) is 34.9 Å². The van der Waals surface area contributed by atoms with Crippen LogP contribution in [0.4, 0.5) is 0 Å². The lowest BCUT2D eigenvalue weighted by Gasteiger charge is -2.30. The fourth-order valence-electron chi connectivity index (χ4n) is 1.97. The molecule has 0 bridgehead atoms. The molecule has 0 aliphatic heterocycles. The third kappa shape index (κ3) is 4.55. The molecule has 0 fully saturated rings. The standard InChI is InChI=1S/C13H21ClN2O2/c1-18-8-6-16(5-7-17)13(10-15)11-3-2-4-12(14)9-11/h2-4,9,13,17H,5-8,10,15H2,1H3. The number of aliphatic hydroxyl groups excluding tert-OH is 1. The van der Waals surface area contributed by atoms with Crippen molar-refractivity contribution >= 4 is 11.6 Å². The summed E-state index contributed by atoms with van der Waals surface area (Å²) < 4.78 is 5.08. The summed E-state index contributed by atoms with van der Waals surface area (Å²) in [6, 6.07) is 7.71. The second-order valence-electron chi connectivity index (χ2n) is 4.06. The Morgan fingerprint density at radius 1 is 1.44 bits per heavy atom. The van der Waals surface area contributed by atoms with Crippen molar-refractivity contribution in [2.45, 2.75) is 6.04 Å². The first kappa shape index (κ1) is 15.4. The molecule has 5 heteroatoms. The van der Waals surface area contributed by atoms with E-state index in [4.69, 9.17) is 27.2 Å². The van der Waals surface area contributed by atoms with Crippen molar-refractivity contribution < 1.29 is 9.84 Å². The first-order valence-electron chi connectivity index (χ1n) is 6.02. The molecule has 0 heterocycles. The van der Waals surface area contributed by atoms with Gasteiger partial charge in [-0.3, -0.25) is 4.90 Å². The lowest BCUT2D eigenvalue weighted by atomic mass is 10.1. The van der Waals surface area contributed by atoms with Gasteiger partial charge in [-0.1, -0.05) is 23.7 Å². The van der Waals surface area contributed by atoms with Gasteiger partial charge in [-0.2, -0.15) is 0 Å². The number of nitrogens with zero attached hydrogens (tertiary/aromatic N) is 1. The monoisotopic (exact) mass is 272 g/mol. The topological polar surface area (TPSA) is 58.7 Å². The van der Waals surface area contributed by atoms with Crippen molar-refractivity contribution in [1.82, 2.24) is 4.90 Å². The summed E-state index contributed by atoms with van der Waals surface area (Å²) in [6.45, 7) is 2.48. The van der Waals surface area contributed by atoms with Crippen LogP contribution in [0.15, 0.2) is 24.3 Å². The highest BCUT2D eigenvalue weighted by Crippen LogP contribution is 2.22. The van der Waals surface area contributed by atoms with E-state index < -0.39 is 0 Å². The maximum atomic E-state index is 9.13. The smallest absolute Gasteiger partial charge is 0.0589 e. The van der Waals surface area contributed by atoms with Crippen LogP contribution in [-0.4, -0.2) is 50.0 Å². The predicted octanol–water partition coefficient (Wildman–Crippen LogP) is 1.28. The summed E-state index contributed by atoms with van der Waals surface area (Å²) in [4.78, 5) is 2.11. The van der Waals surface area contributed by atoms with Gasteiger partial charge in [-0.25, -0.2) is 0 Å². The van der Waals surface area contributed by atoms with Gasteiger partial charge in [-0.05, 0) is 17.7 Å². The molecule has 1 aromatic carbocycles. The molecule has 4 nitrogen and oxygen atoms in total. The third-order valence-electron chi connectivity index (χ3n) is 2.87. The minimum absolute atomic E-state index is 0.0472. The molecule has 1 aromatic rings. The largest absolute Gasteiger partial charge is 0.395 e. The molecule has 0 aliphatic rings. The van der Waals surface area contributed by atoms with Crippen LogP contribution in [0.3, 0.4) is 0 Å². The number of hydrogen-bond acceptors (Lipinski definition) is 4. The van der Waals surface area contributed by atoms with Crippen LogP contribution in [0, 0.1) is 0 Å². The number of benzene rings is 1. The Morgan fingerprint density at radius 3 is 2.78 bits per heavy atom. The van der Waals surface area contributed by atoms with Crippen molar-refractivity contribution in [3.8, 4) is 0 Å². The molecule has 3 N–H and O–H groups in total. The van der Waals surface area contributed by atoms with Gasteiger partial charge in [0.05, 0.1) is 13.2 Å². The van der Waals surface area contributed by atoms with Crippen LogP contribution in [0.2, 0.25) is 5.02 Å². The molecule has 1 atom stereocenters. The van der Waals surface area contributed by atoms with E-state index in [1.54, 1.807) is 7.11 Å². The van der Waals surface area contributed by atoms with E-state index in [-0.39, 0.29) is 12.6 Å².